The van der Waals surface area contributed by atoms with E-state index in [0.29, 0.717) is 5.41 Å². The molecule has 1 heterocycles. The Morgan fingerprint density at radius 3 is 2.76 bits per heavy atom. The predicted molar refractivity (Wildman–Crippen MR) is 88.3 cm³/mol. The zero-order valence-electron chi connectivity index (χ0n) is 13.4. The fraction of sp³-hybridized carbons (Fsp3) is 0.611. The second-order valence-electron chi connectivity index (χ2n) is 6.79. The fourth-order valence-electron chi connectivity index (χ4n) is 3.61. The molecule has 0 spiro atoms. The molecule has 3 heteroatoms. The number of aromatic nitrogens is 2. The van der Waals surface area contributed by atoms with Crippen LogP contribution in [-0.4, -0.2) is 16.1 Å². The Bertz CT molecular complexity index is 594. The molecule has 1 aromatic carbocycles. The van der Waals surface area contributed by atoms with Crippen molar-refractivity contribution in [1.82, 2.24) is 14.9 Å². The monoisotopic (exact) mass is 285 g/mol. The number of nitrogens with one attached hydrogen (secondary N) is 1. The van der Waals surface area contributed by atoms with Gasteiger partial charge in [-0.05, 0) is 36.8 Å². The minimum absolute atomic E-state index is 0.502. The predicted octanol–water partition coefficient (Wildman–Crippen LogP) is 4.12. The van der Waals surface area contributed by atoms with Crippen LogP contribution in [0.4, 0.5) is 0 Å². The van der Waals surface area contributed by atoms with Gasteiger partial charge in [-0.1, -0.05) is 38.8 Å². The SMILES string of the molecule is CCCn1c(CNCC2(C)CCCC2)nc2ccccc21. The second-order valence-corrected chi connectivity index (χ2v) is 6.79. The lowest BCUT2D eigenvalue weighted by molar-refractivity contribution is 0.312. The normalized spacial score (nSPS) is 17.6. The number of rotatable bonds is 6. The van der Waals surface area contributed by atoms with Crippen LogP contribution in [0, 0.1) is 5.41 Å². The smallest absolute Gasteiger partial charge is 0.123 e. The molecule has 3 rings (SSSR count). The topological polar surface area (TPSA) is 29.9 Å². The van der Waals surface area contributed by atoms with Crippen molar-refractivity contribution in [1.29, 1.82) is 0 Å². The van der Waals surface area contributed by atoms with Crippen molar-refractivity contribution in [3.05, 3.63) is 30.1 Å². The van der Waals surface area contributed by atoms with Gasteiger partial charge in [-0.25, -0.2) is 4.98 Å². The van der Waals surface area contributed by atoms with Gasteiger partial charge in [0.05, 0.1) is 17.6 Å². The first-order chi connectivity index (χ1) is 10.2. The highest BCUT2D eigenvalue weighted by Crippen LogP contribution is 2.36. The van der Waals surface area contributed by atoms with E-state index in [1.165, 1.54) is 37.0 Å². The Labute approximate surface area is 127 Å². The maximum atomic E-state index is 4.82. The summed E-state index contributed by atoms with van der Waals surface area (Å²) in [4.78, 5) is 4.82. The van der Waals surface area contributed by atoms with Gasteiger partial charge in [0.15, 0.2) is 0 Å². The molecule has 1 N–H and O–H groups in total. The van der Waals surface area contributed by atoms with Crippen LogP contribution in [0.5, 0.6) is 0 Å². The molecule has 1 aliphatic rings. The van der Waals surface area contributed by atoms with Crippen LogP contribution in [0.1, 0.15) is 51.8 Å². The van der Waals surface area contributed by atoms with E-state index in [0.717, 1.165) is 31.6 Å². The number of hydrogen-bond donors (Lipinski definition) is 1. The van der Waals surface area contributed by atoms with Crippen LogP contribution in [0.2, 0.25) is 0 Å². The Morgan fingerprint density at radius 2 is 2.00 bits per heavy atom. The molecule has 0 atom stereocenters. The van der Waals surface area contributed by atoms with E-state index in [1.807, 2.05) is 0 Å². The molecule has 21 heavy (non-hydrogen) atoms. The molecular weight excluding hydrogens is 258 g/mol. The summed E-state index contributed by atoms with van der Waals surface area (Å²) in [6.45, 7) is 7.69. The van der Waals surface area contributed by atoms with E-state index < -0.39 is 0 Å². The number of imidazole rings is 1. The molecule has 0 unspecified atom stereocenters. The maximum absolute atomic E-state index is 4.82. The highest BCUT2D eigenvalue weighted by molar-refractivity contribution is 5.75. The summed E-state index contributed by atoms with van der Waals surface area (Å²) in [6, 6.07) is 8.47. The van der Waals surface area contributed by atoms with E-state index >= 15 is 0 Å². The summed E-state index contributed by atoms with van der Waals surface area (Å²) in [7, 11) is 0. The third-order valence-corrected chi connectivity index (χ3v) is 4.83. The van der Waals surface area contributed by atoms with Crippen molar-refractivity contribution in [2.24, 2.45) is 5.41 Å². The van der Waals surface area contributed by atoms with Crippen LogP contribution in [0.15, 0.2) is 24.3 Å². The zero-order chi connectivity index (χ0) is 14.7. The lowest BCUT2D eigenvalue weighted by Gasteiger charge is -2.23. The number of nitrogens with zero attached hydrogens (tertiary/aromatic N) is 2. The van der Waals surface area contributed by atoms with Gasteiger partial charge in [-0.3, -0.25) is 0 Å². The summed E-state index contributed by atoms with van der Waals surface area (Å²) >= 11 is 0. The Balaban J connectivity index is 1.72. The Kier molecular flexibility index (Phi) is 4.29. The molecule has 0 bridgehead atoms. The van der Waals surface area contributed by atoms with Crippen molar-refractivity contribution in [3.63, 3.8) is 0 Å². The molecule has 0 aliphatic heterocycles. The van der Waals surface area contributed by atoms with Crippen molar-refractivity contribution in [3.8, 4) is 0 Å². The summed E-state index contributed by atoms with van der Waals surface area (Å²) in [5.41, 5.74) is 2.89. The molecule has 1 aromatic heterocycles. The summed E-state index contributed by atoms with van der Waals surface area (Å²) in [6.07, 6.45) is 6.67. The molecule has 114 valence electrons. The first kappa shape index (κ1) is 14.6. The second kappa shape index (κ2) is 6.18. The van der Waals surface area contributed by atoms with Crippen LogP contribution in [-0.2, 0) is 13.1 Å². The first-order valence-electron chi connectivity index (χ1n) is 8.37. The van der Waals surface area contributed by atoms with E-state index in [1.54, 1.807) is 0 Å². The van der Waals surface area contributed by atoms with Crippen LogP contribution >= 0.6 is 0 Å². The average Bonchev–Trinajstić information content (AvgIpc) is 3.05. The third-order valence-electron chi connectivity index (χ3n) is 4.83. The average molecular weight is 285 g/mol. The lowest BCUT2D eigenvalue weighted by Crippen LogP contribution is -2.30. The van der Waals surface area contributed by atoms with Gasteiger partial charge in [0.1, 0.15) is 5.82 Å². The van der Waals surface area contributed by atoms with Crippen LogP contribution in [0.25, 0.3) is 11.0 Å². The van der Waals surface area contributed by atoms with Gasteiger partial charge < -0.3 is 9.88 Å². The van der Waals surface area contributed by atoms with E-state index in [4.69, 9.17) is 4.98 Å². The first-order valence-corrected chi connectivity index (χ1v) is 8.37. The van der Waals surface area contributed by atoms with Crippen LogP contribution in [0.3, 0.4) is 0 Å². The molecule has 1 aliphatic carbocycles. The largest absolute Gasteiger partial charge is 0.327 e. The minimum atomic E-state index is 0.502. The lowest BCUT2D eigenvalue weighted by atomic mass is 9.89. The van der Waals surface area contributed by atoms with E-state index in [-0.39, 0.29) is 0 Å². The third kappa shape index (κ3) is 3.13. The van der Waals surface area contributed by atoms with Gasteiger partial charge in [-0.2, -0.15) is 0 Å². The van der Waals surface area contributed by atoms with E-state index in [2.05, 4.69) is 48.0 Å². The van der Waals surface area contributed by atoms with Crippen molar-refractivity contribution in [2.75, 3.05) is 6.54 Å². The van der Waals surface area contributed by atoms with Gasteiger partial charge in [0.2, 0.25) is 0 Å². The van der Waals surface area contributed by atoms with Gasteiger partial charge >= 0.3 is 0 Å². The zero-order valence-corrected chi connectivity index (χ0v) is 13.4. The van der Waals surface area contributed by atoms with E-state index in [9.17, 15) is 0 Å². The number of benzene rings is 1. The highest BCUT2D eigenvalue weighted by Gasteiger charge is 2.28. The molecule has 0 saturated heterocycles. The maximum Gasteiger partial charge on any atom is 0.123 e. The number of fused-ring (bicyclic) bond motifs is 1. The Morgan fingerprint density at radius 1 is 1.24 bits per heavy atom. The van der Waals surface area contributed by atoms with Gasteiger partial charge in [-0.15, -0.1) is 0 Å². The molecule has 1 saturated carbocycles. The summed E-state index contributed by atoms with van der Waals surface area (Å²) in [5.74, 6) is 1.18. The summed E-state index contributed by atoms with van der Waals surface area (Å²) in [5, 5.41) is 3.66. The fourth-order valence-corrected chi connectivity index (χ4v) is 3.61. The number of aryl methyl sites for hydroxylation is 1. The minimum Gasteiger partial charge on any atom is -0.327 e. The molecular formula is C18H27N3. The quantitative estimate of drug-likeness (QED) is 0.865. The molecule has 3 nitrogen and oxygen atoms in total. The van der Waals surface area contributed by atoms with Crippen molar-refractivity contribution < 1.29 is 0 Å². The van der Waals surface area contributed by atoms with Gasteiger partial charge in [0, 0.05) is 13.1 Å². The molecule has 2 aromatic rings. The molecule has 0 amide bonds. The number of hydrogen-bond acceptors (Lipinski definition) is 2. The molecule has 1 fully saturated rings. The highest BCUT2D eigenvalue weighted by atomic mass is 15.1. The Hall–Kier alpha value is -1.35. The standard InChI is InChI=1S/C18H27N3/c1-3-12-21-16-9-5-4-8-15(16)20-17(21)13-19-14-18(2)10-6-7-11-18/h4-5,8-9,19H,3,6-7,10-14H2,1-2H3. The summed E-state index contributed by atoms with van der Waals surface area (Å²) < 4.78 is 2.37. The number of para-hydroxylation sites is 2. The van der Waals surface area contributed by atoms with Crippen molar-refractivity contribution >= 4 is 11.0 Å². The van der Waals surface area contributed by atoms with Gasteiger partial charge in [0.25, 0.3) is 0 Å². The molecule has 0 radical (unpaired) electrons. The van der Waals surface area contributed by atoms with Crippen LogP contribution < -0.4 is 5.32 Å². The van der Waals surface area contributed by atoms with Crippen molar-refractivity contribution in [2.45, 2.75) is 59.0 Å².